The van der Waals surface area contributed by atoms with Gasteiger partial charge in [0.1, 0.15) is 29.3 Å². The molecule has 18 heavy (non-hydrogen) atoms. The number of rotatable bonds is 2. The first kappa shape index (κ1) is 12.8. The molecule has 2 nitrogen and oxygen atoms in total. The van der Waals surface area contributed by atoms with Gasteiger partial charge in [0, 0.05) is 11.1 Å². The van der Waals surface area contributed by atoms with E-state index in [-0.39, 0.29) is 5.56 Å². The molecule has 0 saturated carbocycles. The minimum absolute atomic E-state index is 0.0815. The van der Waals surface area contributed by atoms with Gasteiger partial charge in [-0.1, -0.05) is 0 Å². The van der Waals surface area contributed by atoms with Gasteiger partial charge in [-0.3, -0.25) is 0 Å². The number of aliphatic hydroxyl groups is 1. The lowest BCUT2D eigenvalue weighted by Gasteiger charge is -2.12. The third-order valence-electron chi connectivity index (χ3n) is 3.14. The van der Waals surface area contributed by atoms with Gasteiger partial charge in [-0.2, -0.15) is 0 Å². The maximum atomic E-state index is 13.6. The molecule has 0 bridgehead atoms. The summed E-state index contributed by atoms with van der Waals surface area (Å²) in [5.41, 5.74) is 1.17. The van der Waals surface area contributed by atoms with E-state index < -0.39 is 17.7 Å². The van der Waals surface area contributed by atoms with Gasteiger partial charge in [-0.15, -0.1) is 0 Å². The summed E-state index contributed by atoms with van der Waals surface area (Å²) in [6.07, 6.45) is -1.22. The summed E-state index contributed by atoms with van der Waals surface area (Å²) in [5.74, 6) is -0.0398. The van der Waals surface area contributed by atoms with Crippen molar-refractivity contribution in [1.82, 2.24) is 0 Å². The highest BCUT2D eigenvalue weighted by atomic mass is 19.1. The largest absolute Gasteiger partial charge is 0.466 e. The van der Waals surface area contributed by atoms with E-state index >= 15 is 0 Å². The molecule has 2 aromatic rings. The average Bonchev–Trinajstić information content (AvgIpc) is 2.56. The number of furan rings is 1. The van der Waals surface area contributed by atoms with Crippen LogP contribution in [0.5, 0.6) is 0 Å². The van der Waals surface area contributed by atoms with Gasteiger partial charge in [-0.25, -0.2) is 8.78 Å². The Morgan fingerprint density at radius 3 is 2.33 bits per heavy atom. The Balaban J connectivity index is 2.54. The summed E-state index contributed by atoms with van der Waals surface area (Å²) in [4.78, 5) is 0. The summed E-state index contributed by atoms with van der Waals surface area (Å²) in [6, 6.07) is 3.03. The number of benzene rings is 1. The molecule has 2 rings (SSSR count). The van der Waals surface area contributed by atoms with Crippen molar-refractivity contribution in [3.63, 3.8) is 0 Å². The zero-order valence-corrected chi connectivity index (χ0v) is 10.4. The molecule has 0 aliphatic rings. The summed E-state index contributed by atoms with van der Waals surface area (Å²) in [7, 11) is 0. The minimum atomic E-state index is -1.22. The van der Waals surface area contributed by atoms with Crippen molar-refractivity contribution in [1.29, 1.82) is 0 Å². The summed E-state index contributed by atoms with van der Waals surface area (Å²) >= 11 is 0. The van der Waals surface area contributed by atoms with Gasteiger partial charge >= 0.3 is 0 Å². The lowest BCUT2D eigenvalue weighted by molar-refractivity contribution is 0.211. The van der Waals surface area contributed by atoms with E-state index in [1.807, 2.05) is 0 Å². The molecule has 0 fully saturated rings. The van der Waals surface area contributed by atoms with E-state index in [1.165, 1.54) is 0 Å². The molecule has 1 N–H and O–H groups in total. The van der Waals surface area contributed by atoms with Crippen LogP contribution < -0.4 is 0 Å². The molecule has 0 aliphatic carbocycles. The zero-order valence-electron chi connectivity index (χ0n) is 10.4. The molecule has 4 heteroatoms. The van der Waals surface area contributed by atoms with Crippen LogP contribution in [-0.2, 0) is 0 Å². The van der Waals surface area contributed by atoms with E-state index in [0.29, 0.717) is 17.1 Å². The maximum Gasteiger partial charge on any atom is 0.129 e. The Kier molecular flexibility index (Phi) is 3.22. The van der Waals surface area contributed by atoms with Crippen molar-refractivity contribution in [3.05, 3.63) is 58.0 Å². The van der Waals surface area contributed by atoms with Crippen molar-refractivity contribution in [2.45, 2.75) is 26.9 Å². The summed E-state index contributed by atoms with van der Waals surface area (Å²) in [6.45, 7) is 5.23. The van der Waals surface area contributed by atoms with Crippen LogP contribution >= 0.6 is 0 Å². The van der Waals surface area contributed by atoms with E-state index in [4.69, 9.17) is 4.42 Å². The van der Waals surface area contributed by atoms with E-state index in [2.05, 4.69) is 0 Å². The highest BCUT2D eigenvalue weighted by molar-refractivity contribution is 5.39. The third-order valence-corrected chi connectivity index (χ3v) is 3.14. The van der Waals surface area contributed by atoms with Crippen molar-refractivity contribution >= 4 is 0 Å². The van der Waals surface area contributed by atoms with E-state index in [9.17, 15) is 13.9 Å². The molecule has 0 spiro atoms. The number of hydrogen-bond acceptors (Lipinski definition) is 2. The summed E-state index contributed by atoms with van der Waals surface area (Å²) in [5, 5.41) is 10.2. The van der Waals surface area contributed by atoms with Crippen LogP contribution in [0, 0.1) is 32.4 Å². The first-order valence-corrected chi connectivity index (χ1v) is 5.61. The predicted molar refractivity (Wildman–Crippen MR) is 63.3 cm³/mol. The van der Waals surface area contributed by atoms with Crippen molar-refractivity contribution in [3.8, 4) is 0 Å². The molecule has 0 saturated heterocycles. The normalized spacial score (nSPS) is 12.8. The van der Waals surface area contributed by atoms with Crippen molar-refractivity contribution < 1.29 is 18.3 Å². The third kappa shape index (κ3) is 2.04. The number of aliphatic hydroxyl groups excluding tert-OH is 1. The summed E-state index contributed by atoms with van der Waals surface area (Å²) < 4.78 is 32.1. The van der Waals surface area contributed by atoms with Crippen molar-refractivity contribution in [2.75, 3.05) is 0 Å². The Morgan fingerprint density at radius 1 is 1.11 bits per heavy atom. The number of aryl methyl sites for hydroxylation is 2. The standard InChI is InChI=1S/C14H14F2O2/c1-7-8(2)18-9(3)13(7)14(17)11-6-10(15)4-5-12(11)16/h4-6,14,17H,1-3H3. The van der Waals surface area contributed by atoms with Gasteiger partial charge < -0.3 is 9.52 Å². The molecule has 96 valence electrons. The van der Waals surface area contributed by atoms with E-state index in [0.717, 1.165) is 23.8 Å². The van der Waals surface area contributed by atoms with Gasteiger partial charge in [0.05, 0.1) is 0 Å². The monoisotopic (exact) mass is 252 g/mol. The first-order chi connectivity index (χ1) is 8.41. The quantitative estimate of drug-likeness (QED) is 0.886. The molecule has 1 aromatic carbocycles. The molecule has 0 radical (unpaired) electrons. The molecule has 0 amide bonds. The van der Waals surface area contributed by atoms with Crippen LogP contribution in [0.2, 0.25) is 0 Å². The van der Waals surface area contributed by atoms with Crippen LogP contribution in [0.25, 0.3) is 0 Å². The minimum Gasteiger partial charge on any atom is -0.466 e. The van der Waals surface area contributed by atoms with Crippen molar-refractivity contribution in [2.24, 2.45) is 0 Å². The zero-order chi connectivity index (χ0) is 13.4. The second kappa shape index (κ2) is 4.53. The van der Waals surface area contributed by atoms with Gasteiger partial charge in [-0.05, 0) is 44.5 Å². The Labute approximate surface area is 104 Å². The van der Waals surface area contributed by atoms with Crippen LogP contribution in [0.15, 0.2) is 22.6 Å². The van der Waals surface area contributed by atoms with Gasteiger partial charge in [0.15, 0.2) is 0 Å². The Morgan fingerprint density at radius 2 is 1.78 bits per heavy atom. The first-order valence-electron chi connectivity index (χ1n) is 5.61. The lowest BCUT2D eigenvalue weighted by atomic mass is 9.97. The number of halogens is 2. The fourth-order valence-electron chi connectivity index (χ4n) is 2.09. The SMILES string of the molecule is Cc1oc(C)c(C(O)c2cc(F)ccc2F)c1C. The molecular weight excluding hydrogens is 238 g/mol. The van der Waals surface area contributed by atoms with Gasteiger partial charge in [0.25, 0.3) is 0 Å². The topological polar surface area (TPSA) is 33.4 Å². The average molecular weight is 252 g/mol. The fraction of sp³-hybridized carbons (Fsp3) is 0.286. The number of hydrogen-bond donors (Lipinski definition) is 1. The molecule has 1 heterocycles. The van der Waals surface area contributed by atoms with E-state index in [1.54, 1.807) is 20.8 Å². The molecule has 1 unspecified atom stereocenters. The Bertz CT molecular complexity index is 588. The van der Waals surface area contributed by atoms with Crippen LogP contribution in [0.3, 0.4) is 0 Å². The smallest absolute Gasteiger partial charge is 0.129 e. The molecule has 0 aliphatic heterocycles. The van der Waals surface area contributed by atoms with Crippen LogP contribution in [0.1, 0.15) is 34.3 Å². The van der Waals surface area contributed by atoms with Crippen LogP contribution in [-0.4, -0.2) is 5.11 Å². The highest BCUT2D eigenvalue weighted by Crippen LogP contribution is 2.32. The molecule has 1 atom stereocenters. The second-order valence-electron chi connectivity index (χ2n) is 4.32. The van der Waals surface area contributed by atoms with Crippen LogP contribution in [0.4, 0.5) is 8.78 Å². The maximum absolute atomic E-state index is 13.6. The predicted octanol–water partition coefficient (Wildman–Crippen LogP) is 3.56. The van der Waals surface area contributed by atoms with Gasteiger partial charge in [0.2, 0.25) is 0 Å². The second-order valence-corrected chi connectivity index (χ2v) is 4.32. The fourth-order valence-corrected chi connectivity index (χ4v) is 2.09. The molecular formula is C14H14F2O2. The Hall–Kier alpha value is -1.68. The highest BCUT2D eigenvalue weighted by Gasteiger charge is 2.23. The molecule has 1 aromatic heterocycles. The lowest BCUT2D eigenvalue weighted by Crippen LogP contribution is -2.05.